The van der Waals surface area contributed by atoms with E-state index in [1.807, 2.05) is 25.2 Å². The standard InChI is InChI=1S/C15H20N2O/c1-17-14-8-3-2-7-13(14)16-15(17)10-12(18)9-11-5-4-6-11/h2-3,7-8,11-12,18H,4-6,9-10H2,1H3. The van der Waals surface area contributed by atoms with Gasteiger partial charge >= 0.3 is 0 Å². The molecule has 1 N–H and O–H groups in total. The number of benzene rings is 1. The van der Waals surface area contributed by atoms with E-state index in [2.05, 4.69) is 15.6 Å². The zero-order valence-electron chi connectivity index (χ0n) is 10.8. The molecule has 0 saturated heterocycles. The molecule has 2 aromatic rings. The highest BCUT2D eigenvalue weighted by molar-refractivity contribution is 5.75. The third-order valence-electron chi connectivity index (χ3n) is 4.13. The van der Waals surface area contributed by atoms with E-state index in [9.17, 15) is 5.11 Å². The van der Waals surface area contributed by atoms with Gasteiger partial charge in [-0.3, -0.25) is 0 Å². The fourth-order valence-electron chi connectivity index (χ4n) is 2.79. The Balaban J connectivity index is 1.75. The molecule has 1 unspecified atom stereocenters. The van der Waals surface area contributed by atoms with Crippen LogP contribution in [0, 0.1) is 5.92 Å². The van der Waals surface area contributed by atoms with E-state index in [-0.39, 0.29) is 6.10 Å². The van der Waals surface area contributed by atoms with Crippen molar-refractivity contribution < 1.29 is 5.11 Å². The minimum absolute atomic E-state index is 0.245. The van der Waals surface area contributed by atoms with Gasteiger partial charge in [0.2, 0.25) is 0 Å². The Morgan fingerprint density at radius 3 is 2.83 bits per heavy atom. The van der Waals surface area contributed by atoms with Crippen molar-refractivity contribution in [2.24, 2.45) is 13.0 Å². The molecular formula is C15H20N2O. The number of nitrogens with zero attached hydrogens (tertiary/aromatic N) is 2. The van der Waals surface area contributed by atoms with Gasteiger partial charge in [-0.1, -0.05) is 31.4 Å². The maximum atomic E-state index is 10.1. The Morgan fingerprint density at radius 1 is 1.39 bits per heavy atom. The van der Waals surface area contributed by atoms with Gasteiger partial charge < -0.3 is 9.67 Å². The molecular weight excluding hydrogens is 224 g/mol. The fourth-order valence-corrected chi connectivity index (χ4v) is 2.79. The van der Waals surface area contributed by atoms with Gasteiger partial charge in [-0.2, -0.15) is 0 Å². The van der Waals surface area contributed by atoms with Crippen LogP contribution in [0.1, 0.15) is 31.5 Å². The summed E-state index contributed by atoms with van der Waals surface area (Å²) in [6, 6.07) is 8.13. The summed E-state index contributed by atoms with van der Waals surface area (Å²) in [6.07, 6.45) is 5.28. The summed E-state index contributed by atoms with van der Waals surface area (Å²) in [7, 11) is 2.03. The average molecular weight is 244 g/mol. The summed E-state index contributed by atoms with van der Waals surface area (Å²) in [6.45, 7) is 0. The van der Waals surface area contributed by atoms with Gasteiger partial charge in [-0.25, -0.2) is 4.98 Å². The molecule has 0 radical (unpaired) electrons. The number of rotatable bonds is 4. The van der Waals surface area contributed by atoms with Gasteiger partial charge in [0.1, 0.15) is 5.82 Å². The molecule has 1 atom stereocenters. The van der Waals surface area contributed by atoms with Crippen LogP contribution in [0.2, 0.25) is 0 Å². The maximum Gasteiger partial charge on any atom is 0.112 e. The lowest BCUT2D eigenvalue weighted by Gasteiger charge is -2.27. The number of para-hydroxylation sites is 2. The van der Waals surface area contributed by atoms with Crippen LogP contribution in [-0.2, 0) is 13.5 Å². The van der Waals surface area contributed by atoms with Crippen LogP contribution in [0.25, 0.3) is 11.0 Å². The number of aromatic nitrogens is 2. The average Bonchev–Trinajstić information content (AvgIpc) is 2.62. The molecule has 96 valence electrons. The highest BCUT2D eigenvalue weighted by atomic mass is 16.3. The largest absolute Gasteiger partial charge is 0.393 e. The van der Waals surface area contributed by atoms with Crippen LogP contribution in [0.5, 0.6) is 0 Å². The summed E-state index contributed by atoms with van der Waals surface area (Å²) in [5.41, 5.74) is 2.16. The first kappa shape index (κ1) is 11.7. The van der Waals surface area contributed by atoms with E-state index < -0.39 is 0 Å². The van der Waals surface area contributed by atoms with Gasteiger partial charge in [0, 0.05) is 13.5 Å². The molecule has 3 heteroatoms. The molecule has 1 aromatic heterocycles. The van der Waals surface area contributed by atoms with Crippen LogP contribution >= 0.6 is 0 Å². The van der Waals surface area contributed by atoms with Crippen LogP contribution in [0.15, 0.2) is 24.3 Å². The molecule has 3 rings (SSSR count). The number of aliphatic hydroxyl groups excluding tert-OH is 1. The third kappa shape index (κ3) is 2.15. The molecule has 0 amide bonds. The maximum absolute atomic E-state index is 10.1. The Bertz CT molecular complexity index is 542. The van der Waals surface area contributed by atoms with Gasteiger partial charge in [0.15, 0.2) is 0 Å². The van der Waals surface area contributed by atoms with Crippen molar-refractivity contribution in [2.45, 2.75) is 38.2 Å². The van der Waals surface area contributed by atoms with Gasteiger partial charge in [0.25, 0.3) is 0 Å². The molecule has 1 fully saturated rings. The van der Waals surface area contributed by atoms with E-state index >= 15 is 0 Å². The normalized spacial score (nSPS) is 17.9. The summed E-state index contributed by atoms with van der Waals surface area (Å²) in [4.78, 5) is 4.61. The first-order valence-electron chi connectivity index (χ1n) is 6.82. The number of aliphatic hydroxyl groups is 1. The van der Waals surface area contributed by atoms with E-state index in [0.717, 1.165) is 29.2 Å². The second kappa shape index (κ2) is 4.73. The molecule has 1 aliphatic rings. The van der Waals surface area contributed by atoms with Gasteiger partial charge in [-0.05, 0) is 24.5 Å². The number of aryl methyl sites for hydroxylation is 1. The zero-order chi connectivity index (χ0) is 12.5. The molecule has 0 spiro atoms. The van der Waals surface area contributed by atoms with E-state index in [1.54, 1.807) is 0 Å². The number of fused-ring (bicyclic) bond motifs is 1. The number of imidazole rings is 1. The lowest BCUT2D eigenvalue weighted by Crippen LogP contribution is -2.22. The van der Waals surface area contributed by atoms with Crippen molar-refractivity contribution in [1.29, 1.82) is 0 Å². The quantitative estimate of drug-likeness (QED) is 0.898. The molecule has 1 saturated carbocycles. The summed E-state index contributed by atoms with van der Waals surface area (Å²) >= 11 is 0. The Morgan fingerprint density at radius 2 is 2.17 bits per heavy atom. The smallest absolute Gasteiger partial charge is 0.112 e. The number of hydrogen-bond acceptors (Lipinski definition) is 2. The predicted octanol–water partition coefficient (Wildman–Crippen LogP) is 2.67. The van der Waals surface area contributed by atoms with Crippen LogP contribution in [0.4, 0.5) is 0 Å². The van der Waals surface area contributed by atoms with Crippen molar-refractivity contribution in [3.63, 3.8) is 0 Å². The Labute approximate surface area is 107 Å². The van der Waals surface area contributed by atoms with E-state index in [0.29, 0.717) is 6.42 Å². The topological polar surface area (TPSA) is 38.0 Å². The van der Waals surface area contributed by atoms with Crippen molar-refractivity contribution in [3.8, 4) is 0 Å². The molecule has 18 heavy (non-hydrogen) atoms. The molecule has 3 nitrogen and oxygen atoms in total. The summed E-state index contributed by atoms with van der Waals surface area (Å²) in [5, 5.41) is 10.1. The minimum Gasteiger partial charge on any atom is -0.393 e. The number of hydrogen-bond donors (Lipinski definition) is 1. The molecule has 0 aliphatic heterocycles. The van der Waals surface area contributed by atoms with E-state index in [4.69, 9.17) is 0 Å². The fraction of sp³-hybridized carbons (Fsp3) is 0.533. The van der Waals surface area contributed by atoms with Gasteiger partial charge in [-0.15, -0.1) is 0 Å². The Hall–Kier alpha value is -1.35. The van der Waals surface area contributed by atoms with Crippen LogP contribution in [0.3, 0.4) is 0 Å². The highest BCUT2D eigenvalue weighted by Crippen LogP contribution is 2.31. The highest BCUT2D eigenvalue weighted by Gasteiger charge is 2.22. The molecule has 0 bridgehead atoms. The predicted molar refractivity (Wildman–Crippen MR) is 72.4 cm³/mol. The van der Waals surface area contributed by atoms with Gasteiger partial charge in [0.05, 0.1) is 17.1 Å². The second-order valence-corrected chi connectivity index (χ2v) is 5.47. The minimum atomic E-state index is -0.245. The third-order valence-corrected chi connectivity index (χ3v) is 4.13. The summed E-state index contributed by atoms with van der Waals surface area (Å²) < 4.78 is 2.10. The van der Waals surface area contributed by atoms with Crippen molar-refractivity contribution in [2.75, 3.05) is 0 Å². The summed E-state index contributed by atoms with van der Waals surface area (Å²) in [5.74, 6) is 1.73. The van der Waals surface area contributed by atoms with Crippen molar-refractivity contribution in [3.05, 3.63) is 30.1 Å². The SMILES string of the molecule is Cn1c(CC(O)CC2CCC2)nc2ccccc21. The van der Waals surface area contributed by atoms with Crippen LogP contribution < -0.4 is 0 Å². The molecule has 1 heterocycles. The van der Waals surface area contributed by atoms with E-state index in [1.165, 1.54) is 19.3 Å². The molecule has 1 aromatic carbocycles. The first-order valence-corrected chi connectivity index (χ1v) is 6.82. The lowest BCUT2D eigenvalue weighted by atomic mass is 9.81. The van der Waals surface area contributed by atoms with Crippen molar-refractivity contribution in [1.82, 2.24) is 9.55 Å². The van der Waals surface area contributed by atoms with Crippen LogP contribution in [-0.4, -0.2) is 20.8 Å². The zero-order valence-corrected chi connectivity index (χ0v) is 10.8. The Kier molecular flexibility index (Phi) is 3.08. The molecule has 1 aliphatic carbocycles. The monoisotopic (exact) mass is 244 g/mol. The second-order valence-electron chi connectivity index (χ2n) is 5.47. The van der Waals surface area contributed by atoms with Crippen molar-refractivity contribution >= 4 is 11.0 Å². The lowest BCUT2D eigenvalue weighted by molar-refractivity contribution is 0.115. The first-order chi connectivity index (χ1) is 8.74.